The molecule has 0 saturated heterocycles. The van der Waals surface area contributed by atoms with E-state index in [1.165, 1.54) is 0 Å². The number of ether oxygens (including phenoxy) is 1. The fraction of sp³-hybridized carbons (Fsp3) is 0.231. The Labute approximate surface area is 205 Å². The van der Waals surface area contributed by atoms with Gasteiger partial charge in [-0.05, 0) is 32.3 Å². The van der Waals surface area contributed by atoms with E-state index >= 15 is 0 Å². The van der Waals surface area contributed by atoms with Crippen LogP contribution in [-0.4, -0.2) is 60.1 Å². The lowest BCUT2D eigenvalue weighted by Crippen LogP contribution is -2.31. The lowest BCUT2D eigenvalue weighted by Gasteiger charge is -2.20. The monoisotopic (exact) mass is 520 g/mol. The lowest BCUT2D eigenvalue weighted by atomic mass is 9.95. The summed E-state index contributed by atoms with van der Waals surface area (Å²) in [7, 11) is 5.72. The molecule has 0 saturated carbocycles. The molecule has 0 aliphatic carbocycles. The van der Waals surface area contributed by atoms with Gasteiger partial charge in [0.25, 0.3) is 11.8 Å². The molecule has 1 aliphatic heterocycles. The summed E-state index contributed by atoms with van der Waals surface area (Å²) in [5, 5.41) is 4.32. The molecule has 1 unspecified atom stereocenters. The van der Waals surface area contributed by atoms with Crippen molar-refractivity contribution in [2.45, 2.75) is 12.6 Å². The average molecular weight is 521 g/mol. The van der Waals surface area contributed by atoms with Gasteiger partial charge in [0.15, 0.2) is 0 Å². The first kappa shape index (κ1) is 22.6. The summed E-state index contributed by atoms with van der Waals surface area (Å²) in [6.45, 7) is 1.36. The van der Waals surface area contributed by atoms with Gasteiger partial charge in [-0.3, -0.25) is 14.9 Å². The van der Waals surface area contributed by atoms with Crippen LogP contribution in [0.1, 0.15) is 11.1 Å². The van der Waals surface area contributed by atoms with E-state index in [2.05, 4.69) is 35.7 Å². The van der Waals surface area contributed by atoms with E-state index in [1.54, 1.807) is 13.3 Å². The minimum atomic E-state index is -0.385. The molecule has 4 aromatic rings. The number of carbonyl (C=O) groups is 2. The molecule has 7 nitrogen and oxygen atoms in total. The van der Waals surface area contributed by atoms with Gasteiger partial charge in [0.05, 0.1) is 23.8 Å². The van der Waals surface area contributed by atoms with Gasteiger partial charge in [0.1, 0.15) is 0 Å². The van der Waals surface area contributed by atoms with Crippen LogP contribution in [0.5, 0.6) is 0 Å². The Morgan fingerprint density at radius 3 is 2.50 bits per heavy atom. The highest BCUT2D eigenvalue weighted by atomic mass is 79.9. The minimum Gasteiger partial charge on any atom is -0.378 e. The Bertz CT molecular complexity index is 1460. The van der Waals surface area contributed by atoms with E-state index in [9.17, 15) is 9.59 Å². The normalized spacial score (nSPS) is 15.2. The second-order valence-corrected chi connectivity index (χ2v) is 9.67. The zero-order valence-corrected chi connectivity index (χ0v) is 20.8. The van der Waals surface area contributed by atoms with Crippen molar-refractivity contribution in [1.29, 1.82) is 0 Å². The molecule has 0 fully saturated rings. The van der Waals surface area contributed by atoms with E-state index in [0.717, 1.165) is 38.4 Å². The van der Waals surface area contributed by atoms with Gasteiger partial charge in [0.2, 0.25) is 0 Å². The number of methoxy groups -OCH3 is 1. The van der Waals surface area contributed by atoms with Gasteiger partial charge in [-0.15, -0.1) is 0 Å². The SMILES string of the molecule is COC(CN(C)C)Cn1cc(C2=C(c3c[nH]c4ccccc34)C(=O)NC2=O)c2ccc(Br)cc21. The Hall–Kier alpha value is -3.20. The number of likely N-dealkylation sites (N-methyl/N-ethyl adjacent to an activating group) is 1. The predicted octanol–water partition coefficient (Wildman–Crippen LogP) is 4.03. The van der Waals surface area contributed by atoms with Gasteiger partial charge in [-0.1, -0.05) is 40.2 Å². The highest BCUT2D eigenvalue weighted by Gasteiger charge is 2.35. The van der Waals surface area contributed by atoms with Crippen molar-refractivity contribution in [1.82, 2.24) is 19.8 Å². The molecular weight excluding hydrogens is 496 g/mol. The van der Waals surface area contributed by atoms with Crippen LogP contribution >= 0.6 is 15.9 Å². The molecule has 34 heavy (non-hydrogen) atoms. The largest absolute Gasteiger partial charge is 0.378 e. The van der Waals surface area contributed by atoms with E-state index in [0.29, 0.717) is 23.3 Å². The number of nitrogens with zero attached hydrogens (tertiary/aromatic N) is 2. The van der Waals surface area contributed by atoms with E-state index in [-0.39, 0.29) is 17.9 Å². The number of rotatable bonds is 7. The van der Waals surface area contributed by atoms with Crippen molar-refractivity contribution < 1.29 is 14.3 Å². The Balaban J connectivity index is 1.72. The maximum Gasteiger partial charge on any atom is 0.259 e. The molecular formula is C26H25BrN4O3. The Morgan fingerprint density at radius 1 is 1.03 bits per heavy atom. The number of nitrogens with one attached hydrogen (secondary N) is 2. The summed E-state index contributed by atoms with van der Waals surface area (Å²) in [6, 6.07) is 13.7. The standard InChI is InChI=1S/C26H25BrN4O3/c1-30(2)12-16(34-3)13-31-14-20(18-9-8-15(27)10-22(18)31)24-23(25(32)29-26(24)33)19-11-28-21-7-5-4-6-17(19)21/h4-11,14,16,28H,12-13H2,1-3H3,(H,29,32,33). The van der Waals surface area contributed by atoms with Crippen LogP contribution in [0.2, 0.25) is 0 Å². The Kier molecular flexibility index (Phi) is 5.89. The van der Waals surface area contributed by atoms with Crippen LogP contribution in [0.15, 0.2) is 59.3 Å². The maximum absolute atomic E-state index is 13.1. The first-order chi connectivity index (χ1) is 16.4. The number of carbonyl (C=O) groups excluding carboxylic acids is 2. The molecule has 1 atom stereocenters. The zero-order chi connectivity index (χ0) is 24.0. The van der Waals surface area contributed by atoms with Crippen molar-refractivity contribution in [2.24, 2.45) is 0 Å². The summed E-state index contributed by atoms with van der Waals surface area (Å²) < 4.78 is 8.76. The van der Waals surface area contributed by atoms with Crippen LogP contribution in [0.3, 0.4) is 0 Å². The zero-order valence-electron chi connectivity index (χ0n) is 19.2. The van der Waals surface area contributed by atoms with Gasteiger partial charge < -0.3 is 19.2 Å². The van der Waals surface area contributed by atoms with Crippen LogP contribution in [0.25, 0.3) is 33.0 Å². The summed E-state index contributed by atoms with van der Waals surface area (Å²) >= 11 is 3.57. The Morgan fingerprint density at radius 2 is 1.76 bits per heavy atom. The third kappa shape index (κ3) is 3.87. The van der Waals surface area contributed by atoms with Crippen LogP contribution in [0.4, 0.5) is 0 Å². The lowest BCUT2D eigenvalue weighted by molar-refractivity contribution is -0.122. The molecule has 0 spiro atoms. The molecule has 1 aliphatic rings. The average Bonchev–Trinajstić information content (AvgIpc) is 3.45. The highest BCUT2D eigenvalue weighted by Crippen LogP contribution is 2.38. The fourth-order valence-electron chi connectivity index (χ4n) is 4.70. The summed E-state index contributed by atoms with van der Waals surface area (Å²) in [5.74, 6) is -0.769. The molecule has 2 N–H and O–H groups in total. The molecule has 5 rings (SSSR count). The first-order valence-corrected chi connectivity index (χ1v) is 11.8. The van der Waals surface area contributed by atoms with Crippen molar-refractivity contribution >= 4 is 60.7 Å². The fourth-order valence-corrected chi connectivity index (χ4v) is 5.05. The second-order valence-electron chi connectivity index (χ2n) is 8.76. The van der Waals surface area contributed by atoms with Crippen LogP contribution < -0.4 is 5.32 Å². The molecule has 174 valence electrons. The number of halogens is 1. The van der Waals surface area contributed by atoms with Crippen molar-refractivity contribution in [3.8, 4) is 0 Å². The van der Waals surface area contributed by atoms with E-state index < -0.39 is 0 Å². The smallest absolute Gasteiger partial charge is 0.259 e. The number of H-pyrrole nitrogens is 1. The molecule has 0 radical (unpaired) electrons. The summed E-state index contributed by atoms with van der Waals surface area (Å²) in [6.07, 6.45) is 3.71. The number of para-hydroxylation sites is 1. The summed E-state index contributed by atoms with van der Waals surface area (Å²) in [4.78, 5) is 31.4. The highest BCUT2D eigenvalue weighted by molar-refractivity contribution is 9.10. The molecule has 2 aromatic heterocycles. The number of aromatic amines is 1. The topological polar surface area (TPSA) is 79.4 Å². The van der Waals surface area contributed by atoms with Gasteiger partial charge >= 0.3 is 0 Å². The van der Waals surface area contributed by atoms with Gasteiger partial charge in [0, 0.05) is 63.5 Å². The van der Waals surface area contributed by atoms with Crippen molar-refractivity contribution in [2.75, 3.05) is 27.7 Å². The predicted molar refractivity (Wildman–Crippen MR) is 137 cm³/mol. The maximum atomic E-state index is 13.1. The molecule has 2 amide bonds. The van der Waals surface area contributed by atoms with Crippen LogP contribution in [-0.2, 0) is 20.9 Å². The molecule has 8 heteroatoms. The van der Waals surface area contributed by atoms with Crippen molar-refractivity contribution in [3.05, 3.63) is 70.5 Å². The molecule has 0 bridgehead atoms. The number of hydrogen-bond donors (Lipinski definition) is 2. The van der Waals surface area contributed by atoms with Gasteiger partial charge in [-0.2, -0.15) is 0 Å². The number of imide groups is 1. The third-order valence-corrected chi connectivity index (χ3v) is 6.70. The van der Waals surface area contributed by atoms with Crippen LogP contribution in [0, 0.1) is 0 Å². The van der Waals surface area contributed by atoms with Crippen molar-refractivity contribution in [3.63, 3.8) is 0 Å². The second kappa shape index (κ2) is 8.87. The number of aromatic nitrogens is 2. The minimum absolute atomic E-state index is 0.0430. The quantitative estimate of drug-likeness (QED) is 0.360. The third-order valence-electron chi connectivity index (χ3n) is 6.21. The first-order valence-electron chi connectivity index (χ1n) is 11.0. The number of hydrogen-bond acceptors (Lipinski definition) is 4. The van der Waals surface area contributed by atoms with E-state index in [1.807, 2.05) is 62.8 Å². The molecule has 3 heterocycles. The summed E-state index contributed by atoms with van der Waals surface area (Å²) in [5.41, 5.74) is 4.10. The number of fused-ring (bicyclic) bond motifs is 2. The molecule has 2 aromatic carbocycles. The number of amides is 2. The van der Waals surface area contributed by atoms with Gasteiger partial charge in [-0.25, -0.2) is 0 Å². The number of benzene rings is 2. The van der Waals surface area contributed by atoms with E-state index in [4.69, 9.17) is 4.74 Å².